The number of alkyl halides is 1. The molecule has 0 aliphatic carbocycles. The molecule has 0 fully saturated rings. The van der Waals surface area contributed by atoms with Gasteiger partial charge in [-0.15, -0.1) is 0 Å². The average molecular weight is 166 g/mol. The normalized spacial score (nSPS) is 10.3. The highest BCUT2D eigenvalue weighted by molar-refractivity contribution is 9.09. The Morgan fingerprint density at radius 1 is 1.57 bits per heavy atom. The summed E-state index contributed by atoms with van der Waals surface area (Å²) in [6.45, 7) is 4.45. The largest absolute Gasteiger partial charge is 0.306 e. The minimum atomic E-state index is 1.08. The molecule has 1 nitrogen and oxygen atoms in total. The van der Waals surface area contributed by atoms with Crippen LogP contribution in [0.5, 0.6) is 0 Å². The van der Waals surface area contributed by atoms with E-state index < -0.39 is 0 Å². The van der Waals surface area contributed by atoms with Crippen molar-refractivity contribution < 1.29 is 0 Å². The van der Waals surface area contributed by atoms with Crippen molar-refractivity contribution >= 4 is 15.9 Å². The molecule has 0 bridgehead atoms. The van der Waals surface area contributed by atoms with Crippen LogP contribution in [0.3, 0.4) is 0 Å². The van der Waals surface area contributed by atoms with Crippen molar-refractivity contribution in [3.63, 3.8) is 0 Å². The Hall–Kier alpha value is 0.440. The summed E-state index contributed by atoms with van der Waals surface area (Å²) in [6, 6.07) is 0. The van der Waals surface area contributed by atoms with Crippen LogP contribution in [0, 0.1) is 0 Å². The topological polar surface area (TPSA) is 3.24 Å². The second-order valence-corrected chi connectivity index (χ2v) is 2.38. The van der Waals surface area contributed by atoms with Gasteiger partial charge in [-0.05, 0) is 13.6 Å². The molecular formula is C5H12BrN. The lowest BCUT2D eigenvalue weighted by Gasteiger charge is -2.09. The quantitative estimate of drug-likeness (QED) is 0.571. The molecule has 0 rings (SSSR count). The molecule has 0 aromatic carbocycles. The van der Waals surface area contributed by atoms with Crippen molar-refractivity contribution in [2.45, 2.75) is 6.92 Å². The molecule has 44 valence electrons. The molecule has 0 unspecified atom stereocenters. The van der Waals surface area contributed by atoms with Gasteiger partial charge in [0.15, 0.2) is 0 Å². The summed E-state index contributed by atoms with van der Waals surface area (Å²) in [5.41, 5.74) is 0. The molecule has 0 N–H and O–H groups in total. The Labute approximate surface area is 53.8 Å². The number of nitrogens with zero attached hydrogens (tertiary/aromatic N) is 1. The van der Waals surface area contributed by atoms with Crippen molar-refractivity contribution in [2.24, 2.45) is 0 Å². The second-order valence-electron chi connectivity index (χ2n) is 1.58. The van der Waals surface area contributed by atoms with E-state index in [2.05, 4.69) is 34.8 Å². The summed E-state index contributed by atoms with van der Waals surface area (Å²) < 4.78 is 0. The first-order valence-corrected chi connectivity index (χ1v) is 3.68. The van der Waals surface area contributed by atoms with Crippen molar-refractivity contribution in [2.75, 3.05) is 25.5 Å². The molecule has 2 heteroatoms. The second kappa shape index (κ2) is 4.60. The molecule has 0 amide bonds. The Bertz CT molecular complexity index is 39.1. The molecule has 0 aliphatic rings. The molecule has 0 saturated carbocycles. The fourth-order valence-corrected chi connectivity index (χ4v) is 0.908. The van der Waals surface area contributed by atoms with Crippen LogP contribution in [-0.2, 0) is 0 Å². The number of hydrogen-bond acceptors (Lipinski definition) is 1. The van der Waals surface area contributed by atoms with Crippen LogP contribution >= 0.6 is 15.9 Å². The van der Waals surface area contributed by atoms with Gasteiger partial charge in [0.1, 0.15) is 0 Å². The predicted molar refractivity (Wildman–Crippen MR) is 37.0 cm³/mol. The van der Waals surface area contributed by atoms with Gasteiger partial charge in [-0.3, -0.25) is 0 Å². The minimum absolute atomic E-state index is 1.08. The van der Waals surface area contributed by atoms with E-state index in [0.29, 0.717) is 0 Å². The van der Waals surface area contributed by atoms with Crippen LogP contribution in [0.1, 0.15) is 6.92 Å². The molecule has 0 atom stereocenters. The van der Waals surface area contributed by atoms with Crippen LogP contribution in [0.25, 0.3) is 0 Å². The molecule has 0 radical (unpaired) electrons. The molecule has 0 spiro atoms. The zero-order valence-electron chi connectivity index (χ0n) is 4.95. The molecule has 0 heterocycles. The number of rotatable bonds is 3. The van der Waals surface area contributed by atoms with E-state index in [1.807, 2.05) is 0 Å². The van der Waals surface area contributed by atoms with Gasteiger partial charge in [-0.1, -0.05) is 22.9 Å². The van der Waals surface area contributed by atoms with Crippen LogP contribution in [0.15, 0.2) is 0 Å². The van der Waals surface area contributed by atoms with Crippen molar-refractivity contribution in [3.05, 3.63) is 0 Å². The van der Waals surface area contributed by atoms with Gasteiger partial charge < -0.3 is 4.90 Å². The Kier molecular flexibility index (Phi) is 4.88. The van der Waals surface area contributed by atoms with Crippen molar-refractivity contribution in [1.82, 2.24) is 4.90 Å². The van der Waals surface area contributed by atoms with Crippen LogP contribution < -0.4 is 0 Å². The monoisotopic (exact) mass is 165 g/mol. The maximum Gasteiger partial charge on any atom is 0.0159 e. The van der Waals surface area contributed by atoms with Gasteiger partial charge in [0.25, 0.3) is 0 Å². The lowest BCUT2D eigenvalue weighted by Crippen LogP contribution is -2.19. The maximum absolute atomic E-state index is 3.35. The van der Waals surface area contributed by atoms with E-state index >= 15 is 0 Å². The van der Waals surface area contributed by atoms with E-state index in [1.165, 1.54) is 0 Å². The summed E-state index contributed by atoms with van der Waals surface area (Å²) in [4.78, 5) is 2.26. The van der Waals surface area contributed by atoms with E-state index in [0.717, 1.165) is 18.4 Å². The Morgan fingerprint density at radius 2 is 2.14 bits per heavy atom. The third-order valence-corrected chi connectivity index (χ3v) is 1.36. The standard InChI is InChI=1S/C5H12BrN/c1-3-7(2)5-4-6/h3-5H2,1-2H3. The molecule has 7 heavy (non-hydrogen) atoms. The van der Waals surface area contributed by atoms with Crippen molar-refractivity contribution in [1.29, 1.82) is 0 Å². The average Bonchev–Trinajstić information content (AvgIpc) is 1.68. The smallest absolute Gasteiger partial charge is 0.0159 e. The van der Waals surface area contributed by atoms with Gasteiger partial charge in [0.2, 0.25) is 0 Å². The first-order chi connectivity index (χ1) is 3.31. The van der Waals surface area contributed by atoms with E-state index in [-0.39, 0.29) is 0 Å². The third-order valence-electron chi connectivity index (χ3n) is 1.01. The van der Waals surface area contributed by atoms with Gasteiger partial charge in [0.05, 0.1) is 0 Å². The predicted octanol–water partition coefficient (Wildman–Crippen LogP) is 1.33. The lowest BCUT2D eigenvalue weighted by molar-refractivity contribution is 0.377. The molecule has 0 aromatic heterocycles. The Morgan fingerprint density at radius 3 is 2.29 bits per heavy atom. The minimum Gasteiger partial charge on any atom is -0.306 e. The van der Waals surface area contributed by atoms with Crippen molar-refractivity contribution in [3.8, 4) is 0 Å². The Balaban J connectivity index is 2.83. The SMILES string of the molecule is CCN(C)CCBr. The maximum atomic E-state index is 3.35. The highest BCUT2D eigenvalue weighted by Crippen LogP contribution is 1.83. The molecule has 0 aromatic rings. The van der Waals surface area contributed by atoms with E-state index in [1.54, 1.807) is 0 Å². The zero-order chi connectivity index (χ0) is 5.70. The summed E-state index contributed by atoms with van der Waals surface area (Å²) in [7, 11) is 2.11. The lowest BCUT2D eigenvalue weighted by atomic mass is 10.6. The molecule has 0 aliphatic heterocycles. The van der Waals surface area contributed by atoms with Gasteiger partial charge in [0, 0.05) is 11.9 Å². The van der Waals surface area contributed by atoms with Gasteiger partial charge >= 0.3 is 0 Å². The van der Waals surface area contributed by atoms with Crippen LogP contribution in [0.4, 0.5) is 0 Å². The fraction of sp³-hybridized carbons (Fsp3) is 1.00. The molecular weight excluding hydrogens is 154 g/mol. The summed E-state index contributed by atoms with van der Waals surface area (Å²) in [6.07, 6.45) is 0. The third kappa shape index (κ3) is 4.29. The van der Waals surface area contributed by atoms with E-state index in [4.69, 9.17) is 0 Å². The van der Waals surface area contributed by atoms with Gasteiger partial charge in [-0.25, -0.2) is 0 Å². The summed E-state index contributed by atoms with van der Waals surface area (Å²) in [5.74, 6) is 0. The molecule has 0 saturated heterocycles. The summed E-state index contributed by atoms with van der Waals surface area (Å²) >= 11 is 3.35. The first-order valence-electron chi connectivity index (χ1n) is 2.55. The first kappa shape index (κ1) is 7.44. The van der Waals surface area contributed by atoms with Crippen LogP contribution in [0.2, 0.25) is 0 Å². The van der Waals surface area contributed by atoms with Gasteiger partial charge in [-0.2, -0.15) is 0 Å². The van der Waals surface area contributed by atoms with E-state index in [9.17, 15) is 0 Å². The summed E-state index contributed by atoms with van der Waals surface area (Å²) in [5, 5.41) is 1.08. The fourth-order valence-electron chi connectivity index (χ4n) is 0.302. The highest BCUT2D eigenvalue weighted by Gasteiger charge is 1.87. The number of hydrogen-bond donors (Lipinski definition) is 0. The zero-order valence-corrected chi connectivity index (χ0v) is 6.53. The highest BCUT2D eigenvalue weighted by atomic mass is 79.9. The van der Waals surface area contributed by atoms with Crippen LogP contribution in [-0.4, -0.2) is 30.4 Å². The number of halogens is 1.